The van der Waals surface area contributed by atoms with Crippen molar-refractivity contribution in [3.63, 3.8) is 0 Å². The van der Waals surface area contributed by atoms with E-state index in [1.54, 1.807) is 0 Å². The predicted molar refractivity (Wildman–Crippen MR) is 144 cm³/mol. The molecule has 1 aliphatic rings. The van der Waals surface area contributed by atoms with Gasteiger partial charge in [0.05, 0.1) is 0 Å². The zero-order chi connectivity index (χ0) is 21.3. The first-order valence-electron chi connectivity index (χ1n) is 10.3. The molecular weight excluding hydrogens is 497 g/mol. The van der Waals surface area contributed by atoms with Crippen LogP contribution in [0, 0.1) is 0 Å². The molecule has 0 aromatic rings. The van der Waals surface area contributed by atoms with Crippen LogP contribution in [0.4, 0.5) is 0 Å². The number of hydrogen-bond acceptors (Lipinski definition) is 8. The van der Waals surface area contributed by atoms with Crippen LogP contribution in [0.15, 0.2) is 0 Å². The SMILES string of the molecule is C[Si]1(CCCS)O[Si](C)(CCCS)O[Si](C)(CCCS)O[Si](C)(CCCS)O1. The molecule has 1 fully saturated rings. The van der Waals surface area contributed by atoms with Crippen LogP contribution in [-0.2, 0) is 16.5 Å². The summed E-state index contributed by atoms with van der Waals surface area (Å²) in [6.07, 6.45) is 3.98. The third kappa shape index (κ3) is 9.72. The molecule has 0 spiro atoms. The van der Waals surface area contributed by atoms with Gasteiger partial charge in [0.25, 0.3) is 0 Å². The molecule has 4 nitrogen and oxygen atoms in total. The lowest BCUT2D eigenvalue weighted by Crippen LogP contribution is -2.67. The average molecular weight is 537 g/mol. The van der Waals surface area contributed by atoms with Crippen molar-refractivity contribution in [2.75, 3.05) is 23.0 Å². The molecule has 1 heterocycles. The second-order valence-corrected chi connectivity index (χ2v) is 24.4. The van der Waals surface area contributed by atoms with Gasteiger partial charge >= 0.3 is 34.2 Å². The summed E-state index contributed by atoms with van der Waals surface area (Å²) < 4.78 is 27.8. The zero-order valence-corrected chi connectivity index (χ0v) is 25.5. The van der Waals surface area contributed by atoms with E-state index in [1.165, 1.54) is 0 Å². The highest BCUT2D eigenvalue weighted by Gasteiger charge is 2.56. The monoisotopic (exact) mass is 536 g/mol. The molecule has 0 aromatic carbocycles. The second-order valence-electron chi connectivity index (χ2n) is 8.25. The first kappa shape index (κ1) is 28.1. The van der Waals surface area contributed by atoms with E-state index in [4.69, 9.17) is 16.5 Å². The van der Waals surface area contributed by atoms with E-state index in [2.05, 4.69) is 76.7 Å². The van der Waals surface area contributed by atoms with E-state index in [1.807, 2.05) is 0 Å². The van der Waals surface area contributed by atoms with E-state index in [0.717, 1.165) is 72.9 Å². The Bertz CT molecular complexity index is 376. The van der Waals surface area contributed by atoms with E-state index >= 15 is 0 Å². The fourth-order valence-electron chi connectivity index (χ4n) is 3.92. The molecule has 12 heteroatoms. The molecule has 0 unspecified atom stereocenters. The summed E-state index contributed by atoms with van der Waals surface area (Å²) in [5, 5.41) is 0. The highest BCUT2D eigenvalue weighted by molar-refractivity contribution is 7.80. The van der Waals surface area contributed by atoms with Gasteiger partial charge in [-0.05, 0) is 99.1 Å². The summed E-state index contributed by atoms with van der Waals surface area (Å²) in [6, 6.07) is 3.74. The molecule has 0 amide bonds. The smallest absolute Gasteiger partial charge is 0.317 e. The van der Waals surface area contributed by atoms with Crippen molar-refractivity contribution >= 4 is 84.8 Å². The van der Waals surface area contributed by atoms with Gasteiger partial charge in [0.2, 0.25) is 0 Å². The minimum absolute atomic E-state index is 0.843. The first-order chi connectivity index (χ1) is 13.1. The fraction of sp³-hybridized carbons (Fsp3) is 1.00. The Morgan fingerprint density at radius 3 is 0.750 bits per heavy atom. The van der Waals surface area contributed by atoms with Gasteiger partial charge in [0.15, 0.2) is 0 Å². The van der Waals surface area contributed by atoms with Crippen molar-refractivity contribution < 1.29 is 16.5 Å². The Morgan fingerprint density at radius 1 is 0.429 bits per heavy atom. The van der Waals surface area contributed by atoms with Crippen LogP contribution in [0.3, 0.4) is 0 Å². The Morgan fingerprint density at radius 2 is 0.607 bits per heavy atom. The molecule has 0 atom stereocenters. The van der Waals surface area contributed by atoms with Crippen molar-refractivity contribution in [2.45, 2.75) is 76.0 Å². The van der Waals surface area contributed by atoms with Crippen LogP contribution in [0.25, 0.3) is 0 Å². The molecule has 0 N–H and O–H groups in total. The lowest BCUT2D eigenvalue weighted by Gasteiger charge is -2.50. The molecular formula is C16H40O4S4Si4. The van der Waals surface area contributed by atoms with Crippen molar-refractivity contribution in [1.82, 2.24) is 0 Å². The van der Waals surface area contributed by atoms with Gasteiger partial charge in [-0.1, -0.05) is 0 Å². The topological polar surface area (TPSA) is 36.9 Å². The van der Waals surface area contributed by atoms with Crippen molar-refractivity contribution in [3.05, 3.63) is 0 Å². The molecule has 1 saturated heterocycles. The lowest BCUT2D eigenvalue weighted by atomic mass is 10.6. The predicted octanol–water partition coefficient (Wildman–Crippen LogP) is 5.63. The Labute approximate surface area is 199 Å². The molecule has 0 aliphatic carbocycles. The van der Waals surface area contributed by atoms with Crippen molar-refractivity contribution in [1.29, 1.82) is 0 Å². The highest BCUT2D eigenvalue weighted by Crippen LogP contribution is 2.38. The van der Waals surface area contributed by atoms with E-state index in [0.29, 0.717) is 0 Å². The third-order valence-corrected chi connectivity index (χ3v) is 25.0. The standard InChI is InChI=1S/C16H40O4S4Si4/c1-25(13-5-9-21)17-26(2,14-6-10-22)19-28(4,16-8-12-24)20-27(3,18-25)15-7-11-23/h21-24H,5-16H2,1-4H3. The van der Waals surface area contributed by atoms with Gasteiger partial charge in [-0.2, -0.15) is 50.5 Å². The second kappa shape index (κ2) is 13.0. The van der Waals surface area contributed by atoms with Gasteiger partial charge in [-0.3, -0.25) is 0 Å². The van der Waals surface area contributed by atoms with Crippen LogP contribution >= 0.6 is 50.5 Å². The minimum atomic E-state index is -2.42. The minimum Gasteiger partial charge on any atom is -0.416 e. The summed E-state index contributed by atoms with van der Waals surface area (Å²) >= 11 is 17.7. The number of thiol groups is 4. The van der Waals surface area contributed by atoms with E-state index in [-0.39, 0.29) is 0 Å². The largest absolute Gasteiger partial charge is 0.416 e. The maximum absolute atomic E-state index is 6.94. The first-order valence-corrected chi connectivity index (χ1v) is 22.9. The average Bonchev–Trinajstić information content (AvgIpc) is 2.60. The quantitative estimate of drug-likeness (QED) is 0.192. The van der Waals surface area contributed by atoms with Crippen molar-refractivity contribution in [3.8, 4) is 0 Å². The van der Waals surface area contributed by atoms with Crippen LogP contribution in [0.1, 0.15) is 25.7 Å². The summed E-state index contributed by atoms with van der Waals surface area (Å²) in [5.74, 6) is 3.37. The van der Waals surface area contributed by atoms with Crippen molar-refractivity contribution in [2.24, 2.45) is 0 Å². The zero-order valence-electron chi connectivity index (χ0n) is 17.9. The molecule has 0 bridgehead atoms. The fourth-order valence-corrected chi connectivity index (χ4v) is 29.1. The Balaban J connectivity index is 3.24. The molecule has 1 rings (SSSR count). The molecule has 1 aliphatic heterocycles. The molecule has 0 saturated carbocycles. The molecule has 0 radical (unpaired) electrons. The summed E-state index contributed by atoms with van der Waals surface area (Å²) in [7, 11) is -9.69. The van der Waals surface area contributed by atoms with Gasteiger partial charge < -0.3 is 16.5 Å². The Hall–Kier alpha value is 2.11. The maximum atomic E-state index is 6.94. The molecule has 168 valence electrons. The van der Waals surface area contributed by atoms with Crippen LogP contribution in [-0.4, -0.2) is 57.3 Å². The van der Waals surface area contributed by atoms with Crippen LogP contribution in [0.5, 0.6) is 0 Å². The third-order valence-electron chi connectivity index (χ3n) is 4.88. The van der Waals surface area contributed by atoms with Gasteiger partial charge in [0, 0.05) is 0 Å². The summed E-state index contributed by atoms with van der Waals surface area (Å²) in [4.78, 5) is 0. The maximum Gasteiger partial charge on any atom is 0.317 e. The van der Waals surface area contributed by atoms with Gasteiger partial charge in [-0.15, -0.1) is 0 Å². The lowest BCUT2D eigenvalue weighted by molar-refractivity contribution is 0.222. The van der Waals surface area contributed by atoms with Crippen LogP contribution < -0.4 is 0 Å². The summed E-state index contributed by atoms with van der Waals surface area (Å²) in [5.41, 5.74) is 0. The number of hydrogen-bond donors (Lipinski definition) is 4. The highest BCUT2D eigenvalue weighted by atomic mass is 32.1. The van der Waals surface area contributed by atoms with Gasteiger partial charge in [0.1, 0.15) is 0 Å². The number of rotatable bonds is 12. The summed E-state index contributed by atoms with van der Waals surface area (Å²) in [6.45, 7) is 8.83. The molecule has 0 aromatic heterocycles. The normalized spacial score (nSPS) is 36.9. The van der Waals surface area contributed by atoms with E-state index in [9.17, 15) is 0 Å². The van der Waals surface area contributed by atoms with Gasteiger partial charge in [-0.25, -0.2) is 0 Å². The molecule has 28 heavy (non-hydrogen) atoms. The van der Waals surface area contributed by atoms with Crippen LogP contribution in [0.2, 0.25) is 50.4 Å². The van der Waals surface area contributed by atoms with E-state index < -0.39 is 34.2 Å². The Kier molecular flexibility index (Phi) is 13.0.